The molecule has 0 spiro atoms. The van der Waals surface area contributed by atoms with E-state index in [4.69, 9.17) is 15.2 Å². The van der Waals surface area contributed by atoms with Gasteiger partial charge < -0.3 is 35.8 Å². The third-order valence-corrected chi connectivity index (χ3v) is 10.6. The van der Waals surface area contributed by atoms with Crippen LogP contribution in [0.5, 0.6) is 11.5 Å². The van der Waals surface area contributed by atoms with Crippen molar-refractivity contribution in [2.45, 2.75) is 63.0 Å². The van der Waals surface area contributed by atoms with E-state index < -0.39 is 22.2 Å². The monoisotopic (exact) mass is 709 g/mol. The zero-order valence-electron chi connectivity index (χ0n) is 28.9. The normalized spacial score (nSPS) is 16.8. The first-order valence-electron chi connectivity index (χ1n) is 16.6. The summed E-state index contributed by atoms with van der Waals surface area (Å²) in [5.41, 5.74) is 7.40. The predicted molar refractivity (Wildman–Crippen MR) is 192 cm³/mol. The highest BCUT2D eigenvalue weighted by molar-refractivity contribution is 7.89. The molecule has 0 aliphatic carbocycles. The van der Waals surface area contributed by atoms with E-state index in [1.807, 2.05) is 6.92 Å². The Kier molecular flexibility index (Phi) is 13.2. The number of likely N-dealkylation sites (N-methyl/N-ethyl adjacent to an activating group) is 1. The summed E-state index contributed by atoms with van der Waals surface area (Å²) in [5, 5.41) is 15.6. The van der Waals surface area contributed by atoms with Crippen LogP contribution in [0.4, 0.5) is 17.1 Å². The number of hydrogen-bond donors (Lipinski definition) is 4. The molecule has 3 aromatic rings. The fourth-order valence-electron chi connectivity index (χ4n) is 5.62. The maximum absolute atomic E-state index is 13.8. The SMILES string of the molecule is COc1ccc(S(=O)(=O)N(C)C[C@H]2Oc3c(NC(=O)CCCCCC(=O)Nc4ccccc4N)cccc3C(=O)N([C@@H](C)CO)C[C@H]2C)cc1. The molecule has 1 aliphatic rings. The van der Waals surface area contributed by atoms with Gasteiger partial charge in [-0.1, -0.05) is 31.5 Å². The van der Waals surface area contributed by atoms with E-state index in [0.717, 1.165) is 0 Å². The van der Waals surface area contributed by atoms with Crippen molar-refractivity contribution in [2.75, 3.05) is 50.2 Å². The Morgan fingerprint density at radius 2 is 1.62 bits per heavy atom. The number of para-hydroxylation sites is 3. The van der Waals surface area contributed by atoms with Gasteiger partial charge in [0.2, 0.25) is 21.8 Å². The Balaban J connectivity index is 1.47. The number of nitrogen functional groups attached to an aromatic ring is 1. The maximum Gasteiger partial charge on any atom is 0.258 e. The lowest BCUT2D eigenvalue weighted by Gasteiger charge is -2.38. The number of aliphatic hydroxyl groups is 1. The number of benzene rings is 3. The van der Waals surface area contributed by atoms with Gasteiger partial charge in [-0.25, -0.2) is 8.42 Å². The largest absolute Gasteiger partial charge is 0.497 e. The summed E-state index contributed by atoms with van der Waals surface area (Å²) >= 11 is 0. The second-order valence-corrected chi connectivity index (χ2v) is 14.6. The average Bonchev–Trinajstić information content (AvgIpc) is 3.10. The molecule has 5 N–H and O–H groups in total. The molecule has 3 amide bonds. The highest BCUT2D eigenvalue weighted by Gasteiger charge is 2.36. The molecule has 3 aromatic carbocycles. The highest BCUT2D eigenvalue weighted by atomic mass is 32.2. The summed E-state index contributed by atoms with van der Waals surface area (Å²) in [6.45, 7) is 3.45. The van der Waals surface area contributed by atoms with Crippen molar-refractivity contribution in [1.82, 2.24) is 9.21 Å². The minimum atomic E-state index is -3.92. The second kappa shape index (κ2) is 17.3. The van der Waals surface area contributed by atoms with Crippen LogP contribution in [0, 0.1) is 5.92 Å². The first-order chi connectivity index (χ1) is 23.8. The number of carbonyl (C=O) groups is 3. The number of amides is 3. The minimum absolute atomic E-state index is 0.0583. The van der Waals surface area contributed by atoms with Gasteiger partial charge in [0.25, 0.3) is 5.91 Å². The molecule has 0 unspecified atom stereocenters. The first-order valence-corrected chi connectivity index (χ1v) is 18.1. The number of hydrogen-bond acceptors (Lipinski definition) is 9. The number of methoxy groups -OCH3 is 1. The van der Waals surface area contributed by atoms with Crippen molar-refractivity contribution in [1.29, 1.82) is 0 Å². The molecule has 3 atom stereocenters. The van der Waals surface area contributed by atoms with E-state index in [-0.39, 0.29) is 78.1 Å². The molecule has 270 valence electrons. The highest BCUT2D eigenvalue weighted by Crippen LogP contribution is 2.35. The Labute approximate surface area is 293 Å². The lowest BCUT2D eigenvalue weighted by atomic mass is 9.99. The van der Waals surface area contributed by atoms with E-state index in [0.29, 0.717) is 36.4 Å². The Morgan fingerprint density at radius 1 is 1.00 bits per heavy atom. The third-order valence-electron chi connectivity index (χ3n) is 8.71. The number of unbranched alkanes of at least 4 members (excludes halogenated alkanes) is 2. The maximum atomic E-state index is 13.8. The number of nitrogens with two attached hydrogens (primary N) is 1. The minimum Gasteiger partial charge on any atom is -0.497 e. The zero-order chi connectivity index (χ0) is 36.4. The van der Waals surface area contributed by atoms with Crippen LogP contribution in [0.15, 0.2) is 71.6 Å². The van der Waals surface area contributed by atoms with Crippen molar-refractivity contribution in [3.63, 3.8) is 0 Å². The van der Waals surface area contributed by atoms with Crippen molar-refractivity contribution in [3.8, 4) is 11.5 Å². The third kappa shape index (κ3) is 9.52. The van der Waals surface area contributed by atoms with Gasteiger partial charge >= 0.3 is 0 Å². The van der Waals surface area contributed by atoms with Crippen LogP contribution < -0.4 is 25.8 Å². The van der Waals surface area contributed by atoms with Crippen molar-refractivity contribution in [2.24, 2.45) is 5.92 Å². The van der Waals surface area contributed by atoms with Crippen LogP contribution in [0.25, 0.3) is 0 Å². The molecule has 0 bridgehead atoms. The molecule has 0 aromatic heterocycles. The van der Waals surface area contributed by atoms with E-state index in [1.165, 1.54) is 30.6 Å². The van der Waals surface area contributed by atoms with Crippen LogP contribution in [-0.2, 0) is 19.6 Å². The Morgan fingerprint density at radius 3 is 2.24 bits per heavy atom. The van der Waals surface area contributed by atoms with Crippen molar-refractivity contribution in [3.05, 3.63) is 72.3 Å². The number of fused-ring (bicyclic) bond motifs is 1. The molecule has 13 nitrogen and oxygen atoms in total. The molecule has 4 rings (SSSR count). The number of nitrogens with one attached hydrogen (secondary N) is 2. The number of rotatable bonds is 15. The van der Waals surface area contributed by atoms with Gasteiger partial charge in [0.15, 0.2) is 5.75 Å². The molecule has 14 heteroatoms. The Bertz CT molecular complexity index is 1750. The molecule has 0 saturated carbocycles. The van der Waals surface area contributed by atoms with Crippen LogP contribution in [0.1, 0.15) is 56.3 Å². The number of carbonyl (C=O) groups excluding carboxylic acids is 3. The van der Waals surface area contributed by atoms with E-state index >= 15 is 0 Å². The fourth-order valence-corrected chi connectivity index (χ4v) is 6.81. The summed E-state index contributed by atoms with van der Waals surface area (Å²) in [7, 11) is -0.963. The summed E-state index contributed by atoms with van der Waals surface area (Å²) in [6, 6.07) is 17.4. The number of nitrogens with zero attached hydrogens (tertiary/aromatic N) is 2. The van der Waals surface area contributed by atoms with E-state index in [9.17, 15) is 27.9 Å². The van der Waals surface area contributed by atoms with Gasteiger partial charge in [-0.2, -0.15) is 4.31 Å². The van der Waals surface area contributed by atoms with E-state index in [1.54, 1.807) is 66.4 Å². The van der Waals surface area contributed by atoms with Crippen molar-refractivity contribution >= 4 is 44.8 Å². The number of anilines is 3. The number of sulfonamides is 1. The van der Waals surface area contributed by atoms with Gasteiger partial charge in [-0.05, 0) is 68.3 Å². The fraction of sp³-hybridized carbons (Fsp3) is 0.417. The van der Waals surface area contributed by atoms with Gasteiger partial charge in [0.1, 0.15) is 11.9 Å². The summed E-state index contributed by atoms with van der Waals surface area (Å²) in [4.78, 5) is 40.9. The smallest absolute Gasteiger partial charge is 0.258 e. The topological polar surface area (TPSA) is 181 Å². The van der Waals surface area contributed by atoms with Gasteiger partial charge in [0.05, 0.1) is 53.8 Å². The lowest BCUT2D eigenvalue weighted by molar-refractivity contribution is -0.116. The lowest BCUT2D eigenvalue weighted by Crippen LogP contribution is -2.50. The van der Waals surface area contributed by atoms with Crippen LogP contribution >= 0.6 is 0 Å². The molecule has 0 radical (unpaired) electrons. The van der Waals surface area contributed by atoms with Gasteiger partial charge in [-0.15, -0.1) is 0 Å². The summed E-state index contributed by atoms with van der Waals surface area (Å²) < 4.78 is 39.9. The van der Waals surface area contributed by atoms with Gasteiger partial charge in [0, 0.05) is 32.4 Å². The second-order valence-electron chi connectivity index (χ2n) is 12.5. The molecule has 1 aliphatic heterocycles. The number of ether oxygens (including phenoxy) is 2. The van der Waals surface area contributed by atoms with Crippen LogP contribution in [0.3, 0.4) is 0 Å². The van der Waals surface area contributed by atoms with Crippen molar-refractivity contribution < 1.29 is 37.4 Å². The molecule has 0 saturated heterocycles. The number of aliphatic hydroxyl groups excluding tert-OH is 1. The molecule has 50 heavy (non-hydrogen) atoms. The average molecular weight is 710 g/mol. The summed E-state index contributed by atoms with van der Waals surface area (Å²) in [6.07, 6.45) is 1.45. The molecular weight excluding hydrogens is 662 g/mol. The van der Waals surface area contributed by atoms with Gasteiger partial charge in [-0.3, -0.25) is 14.4 Å². The predicted octanol–water partition coefficient (Wildman–Crippen LogP) is 4.35. The van der Waals surface area contributed by atoms with E-state index in [2.05, 4.69) is 10.6 Å². The molecule has 0 fully saturated rings. The first kappa shape index (κ1) is 38.1. The molecule has 1 heterocycles. The zero-order valence-corrected chi connectivity index (χ0v) is 29.7. The summed E-state index contributed by atoms with van der Waals surface area (Å²) in [5.74, 6) is -0.554. The standard InChI is InChI=1S/C36H47N5O8S/c1-24-21-41(25(2)23-42)36(45)28-11-10-14-31(39-34(44)16-7-5-6-15-33(43)38-30-13-9-8-12-29(30)37)35(28)49-32(24)22-40(3)50(46,47)27-19-17-26(48-4)18-20-27/h8-14,17-20,24-25,32,42H,5-7,15-16,21-23,37H2,1-4H3,(H,38,43)(H,39,44)/t24-,25+,32-/m1/s1. The van der Waals surface area contributed by atoms with Crippen LogP contribution in [-0.4, -0.2) is 86.5 Å². The Hall–Kier alpha value is -4.66. The quantitative estimate of drug-likeness (QED) is 0.132. The van der Waals surface area contributed by atoms with Crippen LogP contribution in [0.2, 0.25) is 0 Å². The molecular formula is C36H47N5O8S.